The lowest BCUT2D eigenvalue weighted by molar-refractivity contribution is -0.00532. The molecule has 0 unspecified atom stereocenters. The van der Waals surface area contributed by atoms with Crippen molar-refractivity contribution in [3.63, 3.8) is 0 Å². The number of rotatable bonds is 2. The SMILES string of the molecule is C=CC12CCC(CI)(CC1)O2. The van der Waals surface area contributed by atoms with Crippen LogP contribution in [-0.4, -0.2) is 15.6 Å². The normalized spacial score (nSPS) is 48.1. The molecular formula is C9H13IO. The Morgan fingerprint density at radius 3 is 2.27 bits per heavy atom. The van der Waals surface area contributed by atoms with Crippen LogP contribution in [0.15, 0.2) is 12.7 Å². The average Bonchev–Trinajstić information content (AvgIpc) is 2.61. The summed E-state index contributed by atoms with van der Waals surface area (Å²) >= 11 is 2.43. The molecule has 2 saturated heterocycles. The molecule has 0 atom stereocenters. The lowest BCUT2D eigenvalue weighted by Crippen LogP contribution is -2.26. The molecule has 0 amide bonds. The molecule has 2 heteroatoms. The van der Waals surface area contributed by atoms with Gasteiger partial charge in [-0.1, -0.05) is 28.7 Å². The first kappa shape index (κ1) is 8.05. The van der Waals surface area contributed by atoms with Gasteiger partial charge in [0, 0.05) is 4.43 Å². The summed E-state index contributed by atoms with van der Waals surface area (Å²) < 4.78 is 7.16. The second-order valence-corrected chi connectivity index (χ2v) is 4.45. The fraction of sp³-hybridized carbons (Fsp3) is 0.778. The molecule has 0 aromatic carbocycles. The van der Waals surface area contributed by atoms with Crippen LogP contribution in [-0.2, 0) is 4.74 Å². The second kappa shape index (κ2) is 2.46. The second-order valence-electron chi connectivity index (χ2n) is 3.69. The summed E-state index contributed by atoms with van der Waals surface area (Å²) in [6, 6.07) is 0. The van der Waals surface area contributed by atoms with Gasteiger partial charge in [-0.25, -0.2) is 0 Å². The lowest BCUT2D eigenvalue weighted by Gasteiger charge is -2.20. The van der Waals surface area contributed by atoms with E-state index in [0.29, 0.717) is 0 Å². The summed E-state index contributed by atoms with van der Waals surface area (Å²) in [5, 5.41) is 0. The molecule has 0 aliphatic carbocycles. The molecule has 2 fully saturated rings. The van der Waals surface area contributed by atoms with E-state index in [4.69, 9.17) is 4.74 Å². The van der Waals surface area contributed by atoms with Crippen molar-refractivity contribution in [2.75, 3.05) is 4.43 Å². The van der Waals surface area contributed by atoms with E-state index < -0.39 is 0 Å². The summed E-state index contributed by atoms with van der Waals surface area (Å²) in [4.78, 5) is 0. The topological polar surface area (TPSA) is 9.23 Å². The first-order valence-corrected chi connectivity index (χ1v) is 5.67. The van der Waals surface area contributed by atoms with Gasteiger partial charge in [-0.05, 0) is 25.7 Å². The molecule has 2 heterocycles. The maximum atomic E-state index is 6.02. The lowest BCUT2D eigenvalue weighted by atomic mass is 9.83. The van der Waals surface area contributed by atoms with Gasteiger partial charge in [0.1, 0.15) is 0 Å². The fourth-order valence-corrected chi connectivity index (χ4v) is 3.09. The highest BCUT2D eigenvalue weighted by atomic mass is 127. The van der Waals surface area contributed by atoms with Gasteiger partial charge in [-0.3, -0.25) is 0 Å². The highest BCUT2D eigenvalue weighted by Crippen LogP contribution is 2.51. The van der Waals surface area contributed by atoms with Crippen molar-refractivity contribution in [2.45, 2.75) is 36.9 Å². The summed E-state index contributed by atoms with van der Waals surface area (Å²) in [5.41, 5.74) is 0.305. The predicted octanol–water partition coefficient (Wildman–Crippen LogP) is 2.69. The van der Waals surface area contributed by atoms with E-state index in [-0.39, 0.29) is 11.2 Å². The van der Waals surface area contributed by atoms with Crippen LogP contribution in [0.3, 0.4) is 0 Å². The molecule has 0 aromatic heterocycles. The van der Waals surface area contributed by atoms with Crippen molar-refractivity contribution in [3.8, 4) is 0 Å². The molecule has 2 rings (SSSR count). The van der Waals surface area contributed by atoms with Crippen molar-refractivity contribution in [2.24, 2.45) is 0 Å². The minimum Gasteiger partial charge on any atom is -0.364 e. The van der Waals surface area contributed by atoms with Gasteiger partial charge in [-0.2, -0.15) is 0 Å². The van der Waals surface area contributed by atoms with E-state index in [9.17, 15) is 0 Å². The molecule has 2 aliphatic rings. The molecule has 0 aromatic rings. The van der Waals surface area contributed by atoms with Gasteiger partial charge in [0.15, 0.2) is 0 Å². The smallest absolute Gasteiger partial charge is 0.0869 e. The van der Waals surface area contributed by atoms with Crippen LogP contribution in [0.25, 0.3) is 0 Å². The zero-order valence-electron chi connectivity index (χ0n) is 6.61. The molecule has 0 spiro atoms. The Balaban J connectivity index is 2.21. The molecular weight excluding hydrogens is 251 g/mol. The van der Waals surface area contributed by atoms with Crippen LogP contribution in [0.5, 0.6) is 0 Å². The van der Waals surface area contributed by atoms with E-state index >= 15 is 0 Å². The number of halogens is 1. The molecule has 62 valence electrons. The monoisotopic (exact) mass is 264 g/mol. The van der Waals surface area contributed by atoms with Gasteiger partial charge in [0.25, 0.3) is 0 Å². The Bertz CT molecular complexity index is 180. The third kappa shape index (κ3) is 1.06. The van der Waals surface area contributed by atoms with Crippen LogP contribution in [0.1, 0.15) is 25.7 Å². The number of alkyl halides is 1. The molecule has 2 bridgehead atoms. The van der Waals surface area contributed by atoms with Crippen LogP contribution in [0, 0.1) is 0 Å². The fourth-order valence-electron chi connectivity index (χ4n) is 2.17. The third-order valence-electron chi connectivity index (χ3n) is 3.04. The highest BCUT2D eigenvalue weighted by Gasteiger charge is 2.53. The Morgan fingerprint density at radius 1 is 1.36 bits per heavy atom. The number of hydrogen-bond acceptors (Lipinski definition) is 1. The molecule has 0 radical (unpaired) electrons. The number of hydrogen-bond donors (Lipinski definition) is 0. The first-order chi connectivity index (χ1) is 5.24. The number of ether oxygens (including phenoxy) is 1. The Kier molecular flexibility index (Phi) is 1.80. The predicted molar refractivity (Wildman–Crippen MR) is 54.1 cm³/mol. The summed E-state index contributed by atoms with van der Waals surface area (Å²) in [7, 11) is 0. The van der Waals surface area contributed by atoms with Gasteiger partial charge < -0.3 is 4.74 Å². The van der Waals surface area contributed by atoms with Crippen LogP contribution in [0.2, 0.25) is 0 Å². The molecule has 0 saturated carbocycles. The summed E-state index contributed by atoms with van der Waals surface area (Å²) in [5.74, 6) is 0. The zero-order valence-corrected chi connectivity index (χ0v) is 8.76. The van der Waals surface area contributed by atoms with Crippen LogP contribution in [0.4, 0.5) is 0 Å². The van der Waals surface area contributed by atoms with Crippen molar-refractivity contribution in [1.29, 1.82) is 0 Å². The molecule has 2 aliphatic heterocycles. The Hall–Kier alpha value is 0.430. The maximum Gasteiger partial charge on any atom is 0.0869 e. The average molecular weight is 264 g/mol. The zero-order chi connectivity index (χ0) is 7.95. The largest absolute Gasteiger partial charge is 0.364 e. The van der Waals surface area contributed by atoms with E-state index in [1.807, 2.05) is 6.08 Å². The van der Waals surface area contributed by atoms with Gasteiger partial charge in [0.2, 0.25) is 0 Å². The quantitative estimate of drug-likeness (QED) is 0.423. The third-order valence-corrected chi connectivity index (χ3v) is 4.43. The summed E-state index contributed by atoms with van der Waals surface area (Å²) in [6.45, 7) is 3.85. The summed E-state index contributed by atoms with van der Waals surface area (Å²) in [6.07, 6.45) is 6.87. The molecule has 0 N–H and O–H groups in total. The maximum absolute atomic E-state index is 6.02. The van der Waals surface area contributed by atoms with Gasteiger partial charge >= 0.3 is 0 Å². The van der Waals surface area contributed by atoms with Crippen molar-refractivity contribution in [1.82, 2.24) is 0 Å². The Labute approximate surface area is 81.3 Å². The van der Waals surface area contributed by atoms with Crippen LogP contribution < -0.4 is 0 Å². The van der Waals surface area contributed by atoms with E-state index in [1.54, 1.807) is 0 Å². The molecule has 11 heavy (non-hydrogen) atoms. The van der Waals surface area contributed by atoms with Crippen molar-refractivity contribution >= 4 is 22.6 Å². The van der Waals surface area contributed by atoms with Gasteiger partial charge in [0.05, 0.1) is 11.2 Å². The van der Waals surface area contributed by atoms with Gasteiger partial charge in [-0.15, -0.1) is 6.58 Å². The van der Waals surface area contributed by atoms with E-state index in [0.717, 1.165) is 4.43 Å². The van der Waals surface area contributed by atoms with Crippen molar-refractivity contribution in [3.05, 3.63) is 12.7 Å². The minimum atomic E-state index is 0.0746. The Morgan fingerprint density at radius 2 is 2.00 bits per heavy atom. The van der Waals surface area contributed by atoms with E-state index in [1.165, 1.54) is 25.7 Å². The molecule has 1 nitrogen and oxygen atoms in total. The van der Waals surface area contributed by atoms with Crippen LogP contribution >= 0.6 is 22.6 Å². The van der Waals surface area contributed by atoms with Crippen molar-refractivity contribution < 1.29 is 4.74 Å². The minimum absolute atomic E-state index is 0.0746. The standard InChI is InChI=1S/C9H13IO/c1-2-8-3-5-9(7-10,11-8)6-4-8/h2H,1,3-7H2. The first-order valence-electron chi connectivity index (χ1n) is 4.14. The number of fused-ring (bicyclic) bond motifs is 2. The highest BCUT2D eigenvalue weighted by molar-refractivity contribution is 14.1. The van der Waals surface area contributed by atoms with E-state index in [2.05, 4.69) is 29.2 Å².